The Labute approximate surface area is 246 Å². The fourth-order valence-corrected chi connectivity index (χ4v) is 6.56. The summed E-state index contributed by atoms with van der Waals surface area (Å²) < 4.78 is 81.4. The maximum Gasteiger partial charge on any atom is 0.374 e. The Balaban J connectivity index is 1.48. The number of aromatic nitrogens is 1. The van der Waals surface area contributed by atoms with E-state index in [1.54, 1.807) is 0 Å². The molecule has 2 aliphatic rings. The highest BCUT2D eigenvalue weighted by atomic mass is 32.2. The number of nitrogens with zero attached hydrogens (tertiary/aromatic N) is 2. The van der Waals surface area contributed by atoms with Gasteiger partial charge in [0.2, 0.25) is 11.5 Å². The van der Waals surface area contributed by atoms with Crippen LogP contribution in [0.5, 0.6) is 5.75 Å². The third-order valence-electron chi connectivity index (χ3n) is 7.18. The standard InChI is InChI=1S/C30H34N2O8S2/c1-30(2)20-22(18-28-31(13-7-15-41(33,34)35)24-9-3-5-11-26(24)39-28)17-23(21-30)19-29-32(14-8-16-42(36,37)38)25-10-4-6-12-27(25)40-29/h3-6,9-12,17-19H,7-8,13-16,20-21H2,1-2H3,(H-,33,34,35,36,37,38)/p-1. The molecule has 5 rings (SSSR count). The summed E-state index contributed by atoms with van der Waals surface area (Å²) in [6.07, 6.45) is 7.82. The van der Waals surface area contributed by atoms with Gasteiger partial charge in [-0.25, -0.2) is 16.8 Å². The highest BCUT2D eigenvalue weighted by Gasteiger charge is 2.30. The molecule has 2 aromatic carbocycles. The van der Waals surface area contributed by atoms with E-state index in [4.69, 9.17) is 9.15 Å². The Bertz CT molecular complexity index is 1800. The SMILES string of the molecule is CC1(C)CC(/C=C2\Oc3ccccc3N2CCCS(=O)(=O)[O-])=CC(=C/c2oc3ccccc3[n+]2CCCS(=O)(=O)[O-])/C1. The minimum Gasteiger partial charge on any atom is -0.748 e. The molecule has 1 aliphatic heterocycles. The third kappa shape index (κ3) is 7.49. The van der Waals surface area contributed by atoms with E-state index in [0.29, 0.717) is 36.2 Å². The summed E-state index contributed by atoms with van der Waals surface area (Å²) >= 11 is 0. The van der Waals surface area contributed by atoms with Crippen molar-refractivity contribution in [1.82, 2.24) is 0 Å². The Morgan fingerprint density at radius 1 is 0.929 bits per heavy atom. The van der Waals surface area contributed by atoms with Crippen LogP contribution in [0.3, 0.4) is 0 Å². The van der Waals surface area contributed by atoms with Gasteiger partial charge in [-0.15, -0.1) is 0 Å². The Kier molecular flexibility index (Phi) is 8.35. The van der Waals surface area contributed by atoms with Crippen molar-refractivity contribution < 1.29 is 39.7 Å². The van der Waals surface area contributed by atoms with E-state index in [2.05, 4.69) is 19.9 Å². The van der Waals surface area contributed by atoms with Crippen LogP contribution in [0, 0.1) is 5.41 Å². The monoisotopic (exact) mass is 613 g/mol. The molecule has 1 aliphatic carbocycles. The molecule has 0 radical (unpaired) electrons. The number of fused-ring (bicyclic) bond motifs is 2. The van der Waals surface area contributed by atoms with Crippen LogP contribution in [-0.4, -0.2) is 44.0 Å². The van der Waals surface area contributed by atoms with Crippen LogP contribution in [0.2, 0.25) is 0 Å². The summed E-state index contributed by atoms with van der Waals surface area (Å²) in [6, 6.07) is 15.0. The van der Waals surface area contributed by atoms with E-state index in [1.165, 1.54) is 0 Å². The fourth-order valence-electron chi connectivity index (χ4n) is 5.59. The van der Waals surface area contributed by atoms with Gasteiger partial charge in [0.15, 0.2) is 12.3 Å². The number of aryl methyl sites for hydroxylation is 1. The van der Waals surface area contributed by atoms with Crippen molar-refractivity contribution in [2.24, 2.45) is 5.41 Å². The number of ether oxygens (including phenoxy) is 1. The highest BCUT2D eigenvalue weighted by Crippen LogP contribution is 2.42. The zero-order valence-corrected chi connectivity index (χ0v) is 25.1. The molecule has 2 heterocycles. The van der Waals surface area contributed by atoms with Crippen LogP contribution in [0.25, 0.3) is 17.2 Å². The van der Waals surface area contributed by atoms with Gasteiger partial charge in [-0.1, -0.05) is 44.2 Å². The molecule has 0 atom stereocenters. The lowest BCUT2D eigenvalue weighted by atomic mass is 9.75. The predicted molar refractivity (Wildman–Crippen MR) is 156 cm³/mol. The van der Waals surface area contributed by atoms with Crippen molar-refractivity contribution in [3.8, 4) is 5.75 Å². The Hall–Kier alpha value is -3.45. The molecule has 42 heavy (non-hydrogen) atoms. The first-order valence-electron chi connectivity index (χ1n) is 13.7. The quantitative estimate of drug-likeness (QED) is 0.239. The number of hydrogen-bond acceptors (Lipinski definition) is 9. The van der Waals surface area contributed by atoms with Crippen molar-refractivity contribution in [3.05, 3.63) is 83.6 Å². The molecular formula is C30H33N2O8S2-. The summed E-state index contributed by atoms with van der Waals surface area (Å²) in [5.74, 6) is 0.851. The summed E-state index contributed by atoms with van der Waals surface area (Å²) in [5.41, 5.74) is 4.17. The fraction of sp³-hybridized carbons (Fsp3) is 0.367. The minimum absolute atomic E-state index is 0.104. The van der Waals surface area contributed by atoms with Crippen LogP contribution < -0.4 is 14.2 Å². The number of anilines is 1. The van der Waals surface area contributed by atoms with Crippen LogP contribution in [0.4, 0.5) is 5.69 Å². The molecule has 12 heteroatoms. The summed E-state index contributed by atoms with van der Waals surface area (Å²) in [4.78, 5) is 1.89. The summed E-state index contributed by atoms with van der Waals surface area (Å²) in [6.45, 7) is 4.95. The zero-order chi connectivity index (χ0) is 30.1. The van der Waals surface area contributed by atoms with Gasteiger partial charge in [-0.3, -0.25) is 0 Å². The van der Waals surface area contributed by atoms with E-state index >= 15 is 0 Å². The van der Waals surface area contributed by atoms with Gasteiger partial charge in [0.05, 0.1) is 32.0 Å². The molecule has 0 saturated heterocycles. The van der Waals surface area contributed by atoms with Gasteiger partial charge in [0, 0.05) is 36.6 Å². The number of para-hydroxylation sites is 4. The molecule has 0 spiro atoms. The van der Waals surface area contributed by atoms with Crippen LogP contribution in [-0.2, 0) is 26.8 Å². The van der Waals surface area contributed by atoms with Gasteiger partial charge >= 0.3 is 5.89 Å². The zero-order valence-electron chi connectivity index (χ0n) is 23.5. The smallest absolute Gasteiger partial charge is 0.374 e. The van der Waals surface area contributed by atoms with E-state index < -0.39 is 31.7 Å². The summed E-state index contributed by atoms with van der Waals surface area (Å²) in [5, 5.41) is 0. The molecule has 3 aromatic rings. The number of allylic oxidation sites excluding steroid dienone is 4. The van der Waals surface area contributed by atoms with Crippen molar-refractivity contribution in [2.45, 2.75) is 46.1 Å². The Morgan fingerprint density at radius 2 is 1.62 bits per heavy atom. The van der Waals surface area contributed by atoms with Gasteiger partial charge in [-0.2, -0.15) is 4.57 Å². The first-order valence-corrected chi connectivity index (χ1v) is 16.9. The normalized spacial score (nSPS) is 18.9. The number of benzene rings is 2. The van der Waals surface area contributed by atoms with Crippen LogP contribution in [0.15, 0.2) is 82.1 Å². The molecule has 0 unspecified atom stereocenters. The summed E-state index contributed by atoms with van der Waals surface area (Å²) in [7, 11) is -8.66. The van der Waals surface area contributed by atoms with Crippen molar-refractivity contribution in [3.63, 3.8) is 0 Å². The first-order chi connectivity index (χ1) is 19.8. The molecule has 0 N–H and O–H groups in total. The largest absolute Gasteiger partial charge is 0.748 e. The second-order valence-electron chi connectivity index (χ2n) is 11.5. The number of oxazole rings is 1. The molecule has 0 saturated carbocycles. The van der Waals surface area contributed by atoms with Gasteiger partial charge in [-0.05, 0) is 54.0 Å². The number of hydrogen-bond donors (Lipinski definition) is 0. The topological polar surface area (TPSA) is 144 Å². The van der Waals surface area contributed by atoms with Crippen LogP contribution >= 0.6 is 0 Å². The average molecular weight is 614 g/mol. The average Bonchev–Trinajstić information content (AvgIpc) is 3.39. The van der Waals surface area contributed by atoms with E-state index in [1.807, 2.05) is 70.1 Å². The number of rotatable bonds is 10. The molecule has 1 aromatic heterocycles. The lowest BCUT2D eigenvalue weighted by Gasteiger charge is -2.30. The lowest BCUT2D eigenvalue weighted by Crippen LogP contribution is -2.36. The molecule has 0 bridgehead atoms. The second kappa shape index (κ2) is 11.7. The maximum atomic E-state index is 11.2. The maximum absolute atomic E-state index is 11.2. The second-order valence-corrected chi connectivity index (χ2v) is 14.5. The van der Waals surface area contributed by atoms with E-state index in [0.717, 1.165) is 35.2 Å². The van der Waals surface area contributed by atoms with Crippen molar-refractivity contribution in [1.29, 1.82) is 0 Å². The highest BCUT2D eigenvalue weighted by molar-refractivity contribution is 7.85. The predicted octanol–water partition coefficient (Wildman–Crippen LogP) is 4.46. The van der Waals surface area contributed by atoms with Crippen LogP contribution in [0.1, 0.15) is 45.4 Å². The lowest BCUT2D eigenvalue weighted by molar-refractivity contribution is -0.677. The van der Waals surface area contributed by atoms with Gasteiger partial charge < -0.3 is 23.2 Å². The molecule has 0 amide bonds. The molecule has 10 nitrogen and oxygen atoms in total. The first kappa shape index (κ1) is 30.0. The van der Waals surface area contributed by atoms with Gasteiger partial charge in [0.25, 0.3) is 5.52 Å². The van der Waals surface area contributed by atoms with Gasteiger partial charge in [0.1, 0.15) is 0 Å². The molecule has 224 valence electrons. The Morgan fingerprint density at radius 3 is 2.38 bits per heavy atom. The third-order valence-corrected chi connectivity index (χ3v) is 8.76. The van der Waals surface area contributed by atoms with Crippen molar-refractivity contribution >= 4 is 43.1 Å². The minimum atomic E-state index is -4.33. The van der Waals surface area contributed by atoms with Crippen molar-refractivity contribution in [2.75, 3.05) is 23.0 Å². The molecule has 0 fully saturated rings. The van der Waals surface area contributed by atoms with E-state index in [-0.39, 0.29) is 18.3 Å². The van der Waals surface area contributed by atoms with E-state index in [9.17, 15) is 25.9 Å². The molecular weight excluding hydrogens is 580 g/mol.